The van der Waals surface area contributed by atoms with Crippen molar-refractivity contribution in [3.05, 3.63) is 47.1 Å². The number of benzene rings is 1. The third-order valence-corrected chi connectivity index (χ3v) is 2.21. The first kappa shape index (κ1) is 11.8. The first-order valence-corrected chi connectivity index (χ1v) is 5.13. The number of hydrogen-bond donors (Lipinski definition) is 1. The molecule has 0 saturated heterocycles. The molecular formula is C11H8ClFN2O2. The van der Waals surface area contributed by atoms with E-state index in [-0.39, 0.29) is 17.8 Å². The topological polar surface area (TPSA) is 55.2 Å². The first-order chi connectivity index (χ1) is 8.20. The van der Waals surface area contributed by atoms with Crippen molar-refractivity contribution in [2.45, 2.75) is 6.61 Å². The highest BCUT2D eigenvalue weighted by atomic mass is 35.5. The zero-order chi connectivity index (χ0) is 12.3. The number of rotatable bonds is 3. The number of para-hydroxylation sites is 1. The van der Waals surface area contributed by atoms with E-state index in [1.54, 1.807) is 24.3 Å². The Labute approximate surface area is 102 Å². The molecule has 1 heterocycles. The summed E-state index contributed by atoms with van der Waals surface area (Å²) in [6.45, 7) is -0.212. The molecule has 88 valence electrons. The molecule has 0 bridgehead atoms. The summed E-state index contributed by atoms with van der Waals surface area (Å²) in [6.07, 6.45) is 0.923. The quantitative estimate of drug-likeness (QED) is 0.856. The maximum absolute atomic E-state index is 13.3. The van der Waals surface area contributed by atoms with E-state index in [4.69, 9.17) is 21.4 Å². The average Bonchev–Trinajstić information content (AvgIpc) is 2.34. The van der Waals surface area contributed by atoms with Gasteiger partial charge in [0.1, 0.15) is 5.75 Å². The van der Waals surface area contributed by atoms with Crippen molar-refractivity contribution < 1.29 is 14.2 Å². The lowest BCUT2D eigenvalue weighted by atomic mass is 10.2. The molecular weight excluding hydrogens is 247 g/mol. The van der Waals surface area contributed by atoms with Crippen LogP contribution >= 0.6 is 11.6 Å². The van der Waals surface area contributed by atoms with Crippen LogP contribution in [0.2, 0.25) is 5.28 Å². The predicted octanol–water partition coefficient (Wildman–Crippen LogP) is 2.55. The van der Waals surface area contributed by atoms with Crippen LogP contribution in [-0.4, -0.2) is 15.1 Å². The van der Waals surface area contributed by atoms with Crippen LogP contribution in [0.25, 0.3) is 0 Å². The normalized spacial score (nSPS) is 10.3. The molecule has 0 amide bonds. The number of aromatic nitrogens is 2. The number of aliphatic hydroxyl groups excluding tert-OH is 1. The number of aliphatic hydroxyl groups is 1. The van der Waals surface area contributed by atoms with E-state index >= 15 is 0 Å². The maximum atomic E-state index is 13.3. The molecule has 0 saturated carbocycles. The van der Waals surface area contributed by atoms with Crippen LogP contribution in [0.15, 0.2) is 30.5 Å². The lowest BCUT2D eigenvalue weighted by Gasteiger charge is -2.08. The van der Waals surface area contributed by atoms with Gasteiger partial charge < -0.3 is 9.84 Å². The van der Waals surface area contributed by atoms with E-state index in [1.807, 2.05) is 0 Å². The van der Waals surface area contributed by atoms with E-state index in [2.05, 4.69) is 9.97 Å². The second kappa shape index (κ2) is 5.07. The van der Waals surface area contributed by atoms with E-state index in [0.29, 0.717) is 11.3 Å². The van der Waals surface area contributed by atoms with Gasteiger partial charge in [-0.2, -0.15) is 9.37 Å². The summed E-state index contributed by atoms with van der Waals surface area (Å²) >= 11 is 5.54. The Morgan fingerprint density at radius 1 is 1.35 bits per heavy atom. The molecule has 0 aliphatic carbocycles. The van der Waals surface area contributed by atoms with Crippen molar-refractivity contribution in [1.82, 2.24) is 9.97 Å². The van der Waals surface area contributed by atoms with Gasteiger partial charge in [0.25, 0.3) is 5.88 Å². The molecule has 17 heavy (non-hydrogen) atoms. The molecule has 4 nitrogen and oxygen atoms in total. The second-order valence-corrected chi connectivity index (χ2v) is 3.50. The minimum Gasteiger partial charge on any atom is -0.436 e. The van der Waals surface area contributed by atoms with Gasteiger partial charge in [0.05, 0.1) is 12.8 Å². The molecule has 0 unspecified atom stereocenters. The molecule has 0 spiro atoms. The van der Waals surface area contributed by atoms with Crippen molar-refractivity contribution in [1.29, 1.82) is 0 Å². The Balaban J connectivity index is 2.34. The second-order valence-electron chi connectivity index (χ2n) is 3.16. The molecule has 1 N–H and O–H groups in total. The highest BCUT2D eigenvalue weighted by Gasteiger charge is 2.10. The molecule has 1 aromatic heterocycles. The van der Waals surface area contributed by atoms with Gasteiger partial charge in [-0.25, -0.2) is 4.98 Å². The number of halogens is 2. The fraction of sp³-hybridized carbons (Fsp3) is 0.0909. The van der Waals surface area contributed by atoms with Crippen LogP contribution in [0, 0.1) is 5.82 Å². The van der Waals surface area contributed by atoms with Crippen LogP contribution in [0.5, 0.6) is 11.6 Å². The van der Waals surface area contributed by atoms with Crippen LogP contribution in [0.1, 0.15) is 5.56 Å². The Bertz CT molecular complexity index is 537. The zero-order valence-corrected chi connectivity index (χ0v) is 9.36. The molecule has 0 fully saturated rings. The predicted molar refractivity (Wildman–Crippen MR) is 59.4 cm³/mol. The van der Waals surface area contributed by atoms with Crippen molar-refractivity contribution in [2.24, 2.45) is 0 Å². The summed E-state index contributed by atoms with van der Waals surface area (Å²) in [5.74, 6) is -0.670. The van der Waals surface area contributed by atoms with Crippen LogP contribution < -0.4 is 4.74 Å². The number of nitrogens with zero attached hydrogens (tertiary/aromatic N) is 2. The fourth-order valence-corrected chi connectivity index (χ4v) is 1.37. The third-order valence-electron chi connectivity index (χ3n) is 2.03. The van der Waals surface area contributed by atoms with Crippen molar-refractivity contribution in [2.75, 3.05) is 0 Å². The van der Waals surface area contributed by atoms with Gasteiger partial charge in [-0.05, 0) is 17.7 Å². The highest BCUT2D eigenvalue weighted by molar-refractivity contribution is 6.28. The number of ether oxygens (including phenoxy) is 1. The fourth-order valence-electron chi connectivity index (χ4n) is 1.24. The third kappa shape index (κ3) is 2.69. The monoisotopic (exact) mass is 254 g/mol. The van der Waals surface area contributed by atoms with Gasteiger partial charge in [0, 0.05) is 5.56 Å². The van der Waals surface area contributed by atoms with Crippen LogP contribution in [0.3, 0.4) is 0 Å². The van der Waals surface area contributed by atoms with Crippen molar-refractivity contribution in [3.8, 4) is 11.6 Å². The summed E-state index contributed by atoms with van der Waals surface area (Å²) in [4.78, 5) is 7.09. The smallest absolute Gasteiger partial charge is 0.260 e. The van der Waals surface area contributed by atoms with Crippen molar-refractivity contribution >= 4 is 11.6 Å². The standard InChI is InChI=1S/C11H8ClFN2O2/c12-11-14-5-8(13)10(15-11)17-9-4-2-1-3-7(9)6-16/h1-5,16H,6H2. The molecule has 6 heteroatoms. The minimum atomic E-state index is -0.720. The maximum Gasteiger partial charge on any atom is 0.260 e. The van der Waals surface area contributed by atoms with Gasteiger partial charge in [0.2, 0.25) is 11.1 Å². The molecule has 2 aromatic rings. The largest absolute Gasteiger partial charge is 0.436 e. The Kier molecular flexibility index (Phi) is 3.51. The Morgan fingerprint density at radius 2 is 2.12 bits per heavy atom. The SMILES string of the molecule is OCc1ccccc1Oc1nc(Cl)ncc1F. The Morgan fingerprint density at radius 3 is 2.88 bits per heavy atom. The molecule has 0 aliphatic rings. The number of hydrogen-bond acceptors (Lipinski definition) is 4. The molecule has 0 aliphatic heterocycles. The summed E-state index contributed by atoms with van der Waals surface area (Å²) < 4.78 is 18.6. The molecule has 0 atom stereocenters. The van der Waals surface area contributed by atoms with Crippen LogP contribution in [-0.2, 0) is 6.61 Å². The summed E-state index contributed by atoms with van der Waals surface area (Å²) in [7, 11) is 0. The zero-order valence-electron chi connectivity index (χ0n) is 8.60. The molecule has 2 rings (SSSR count). The van der Waals surface area contributed by atoms with Crippen molar-refractivity contribution in [3.63, 3.8) is 0 Å². The van der Waals surface area contributed by atoms with Gasteiger partial charge in [-0.1, -0.05) is 18.2 Å². The average molecular weight is 255 g/mol. The van der Waals surface area contributed by atoms with E-state index in [1.165, 1.54) is 0 Å². The van der Waals surface area contributed by atoms with E-state index in [9.17, 15) is 4.39 Å². The Hall–Kier alpha value is -1.72. The van der Waals surface area contributed by atoms with Crippen LogP contribution in [0.4, 0.5) is 4.39 Å². The minimum absolute atomic E-state index is 0.108. The summed E-state index contributed by atoms with van der Waals surface area (Å²) in [6, 6.07) is 6.70. The van der Waals surface area contributed by atoms with Gasteiger partial charge >= 0.3 is 0 Å². The van der Waals surface area contributed by atoms with Gasteiger partial charge in [-0.15, -0.1) is 0 Å². The summed E-state index contributed by atoms with van der Waals surface area (Å²) in [5, 5.41) is 8.98. The van der Waals surface area contributed by atoms with E-state index in [0.717, 1.165) is 6.20 Å². The first-order valence-electron chi connectivity index (χ1n) is 4.75. The lowest BCUT2D eigenvalue weighted by Crippen LogP contribution is -1.97. The van der Waals surface area contributed by atoms with E-state index < -0.39 is 5.82 Å². The molecule has 1 aromatic carbocycles. The molecule has 0 radical (unpaired) electrons. The van der Waals surface area contributed by atoms with Gasteiger partial charge in [-0.3, -0.25) is 0 Å². The highest BCUT2D eigenvalue weighted by Crippen LogP contribution is 2.26. The lowest BCUT2D eigenvalue weighted by molar-refractivity contribution is 0.275. The summed E-state index contributed by atoms with van der Waals surface area (Å²) in [5.41, 5.74) is 0.529. The van der Waals surface area contributed by atoms with Gasteiger partial charge in [0.15, 0.2) is 0 Å².